The first kappa shape index (κ1) is 10.8. The molecule has 0 fully saturated rings. The zero-order chi connectivity index (χ0) is 12.5. The van der Waals surface area contributed by atoms with Gasteiger partial charge in [0.15, 0.2) is 0 Å². The molecule has 2 aromatic heterocycles. The molecule has 3 rings (SSSR count). The molecule has 0 saturated heterocycles. The SMILES string of the molecule is N#Cc1coc2cc(-c3ccsc3)ccc2c1=O. The van der Waals surface area contributed by atoms with Crippen LogP contribution in [0, 0.1) is 11.3 Å². The predicted octanol–water partition coefficient (Wildman–Crippen LogP) is 3.39. The number of fused-ring (bicyclic) bond motifs is 1. The van der Waals surface area contributed by atoms with Crippen LogP contribution in [-0.4, -0.2) is 0 Å². The van der Waals surface area contributed by atoms with Gasteiger partial charge in [0.25, 0.3) is 0 Å². The zero-order valence-corrected chi connectivity index (χ0v) is 10.0. The van der Waals surface area contributed by atoms with Crippen molar-refractivity contribution in [3.8, 4) is 17.2 Å². The van der Waals surface area contributed by atoms with Crippen LogP contribution in [0.3, 0.4) is 0 Å². The molecule has 1 aromatic carbocycles. The van der Waals surface area contributed by atoms with Crippen molar-refractivity contribution in [1.29, 1.82) is 5.26 Å². The van der Waals surface area contributed by atoms with E-state index in [4.69, 9.17) is 9.68 Å². The third kappa shape index (κ3) is 1.62. The Hall–Kier alpha value is -2.38. The van der Waals surface area contributed by atoms with Crippen LogP contribution in [0.15, 0.2) is 50.5 Å². The highest BCUT2D eigenvalue weighted by atomic mass is 32.1. The van der Waals surface area contributed by atoms with Crippen molar-refractivity contribution in [2.45, 2.75) is 0 Å². The first-order valence-corrected chi connectivity index (χ1v) is 6.22. The van der Waals surface area contributed by atoms with Crippen molar-refractivity contribution in [1.82, 2.24) is 0 Å². The van der Waals surface area contributed by atoms with E-state index >= 15 is 0 Å². The summed E-state index contributed by atoms with van der Waals surface area (Å²) in [7, 11) is 0. The molecule has 0 aliphatic carbocycles. The molecule has 18 heavy (non-hydrogen) atoms. The molecule has 2 heterocycles. The summed E-state index contributed by atoms with van der Waals surface area (Å²) in [6, 6.07) is 9.22. The molecule has 0 spiro atoms. The van der Waals surface area contributed by atoms with Gasteiger partial charge in [-0.2, -0.15) is 16.6 Å². The molecule has 0 aliphatic heterocycles. The van der Waals surface area contributed by atoms with Crippen LogP contribution in [0.25, 0.3) is 22.1 Å². The summed E-state index contributed by atoms with van der Waals surface area (Å²) in [6.45, 7) is 0. The van der Waals surface area contributed by atoms with Crippen molar-refractivity contribution in [2.75, 3.05) is 0 Å². The van der Waals surface area contributed by atoms with Gasteiger partial charge in [-0.3, -0.25) is 4.79 Å². The van der Waals surface area contributed by atoms with Gasteiger partial charge in [0.05, 0.1) is 5.39 Å². The summed E-state index contributed by atoms with van der Waals surface area (Å²) in [6.07, 6.45) is 1.21. The Kier molecular flexibility index (Phi) is 2.47. The van der Waals surface area contributed by atoms with Gasteiger partial charge in [-0.15, -0.1) is 0 Å². The van der Waals surface area contributed by atoms with E-state index in [1.54, 1.807) is 17.4 Å². The molecular weight excluding hydrogens is 246 g/mol. The smallest absolute Gasteiger partial charge is 0.210 e. The number of rotatable bonds is 1. The molecule has 0 aliphatic rings. The van der Waals surface area contributed by atoms with Crippen molar-refractivity contribution in [3.63, 3.8) is 0 Å². The largest absolute Gasteiger partial charge is 0.463 e. The molecular formula is C14H7NO2S. The molecule has 0 unspecified atom stereocenters. The minimum atomic E-state index is -0.282. The fraction of sp³-hybridized carbons (Fsp3) is 0. The maximum absolute atomic E-state index is 11.9. The second kappa shape index (κ2) is 4.13. The minimum absolute atomic E-state index is 0.0331. The van der Waals surface area contributed by atoms with Crippen molar-refractivity contribution >= 4 is 22.3 Å². The fourth-order valence-corrected chi connectivity index (χ4v) is 2.48. The van der Waals surface area contributed by atoms with Crippen molar-refractivity contribution in [3.05, 3.63) is 57.1 Å². The van der Waals surface area contributed by atoms with Gasteiger partial charge in [0.1, 0.15) is 23.5 Å². The van der Waals surface area contributed by atoms with Crippen LogP contribution < -0.4 is 5.43 Å². The standard InChI is InChI=1S/C14H7NO2S/c15-6-11-7-17-13-5-9(10-3-4-18-8-10)1-2-12(13)14(11)16/h1-5,7-8H. The van der Waals surface area contributed by atoms with Gasteiger partial charge in [-0.05, 0) is 40.1 Å². The third-order valence-corrected chi connectivity index (χ3v) is 3.43. The Balaban J connectivity index is 2.27. The van der Waals surface area contributed by atoms with Gasteiger partial charge in [-0.1, -0.05) is 6.07 Å². The second-order valence-electron chi connectivity index (χ2n) is 3.81. The fourth-order valence-electron chi connectivity index (χ4n) is 1.81. The summed E-state index contributed by atoms with van der Waals surface area (Å²) in [5, 5.41) is 13.2. The van der Waals surface area contributed by atoms with Gasteiger partial charge in [0, 0.05) is 0 Å². The Morgan fingerprint density at radius 2 is 2.11 bits per heavy atom. The monoisotopic (exact) mass is 253 g/mol. The quantitative estimate of drug-likeness (QED) is 0.668. The maximum atomic E-state index is 11.9. The second-order valence-corrected chi connectivity index (χ2v) is 4.59. The normalized spacial score (nSPS) is 10.4. The van der Waals surface area contributed by atoms with Crippen LogP contribution in [0.4, 0.5) is 0 Å². The predicted molar refractivity (Wildman–Crippen MR) is 70.5 cm³/mol. The van der Waals surface area contributed by atoms with Crippen molar-refractivity contribution in [2.24, 2.45) is 0 Å². The molecule has 0 amide bonds. The molecule has 0 atom stereocenters. The van der Waals surface area contributed by atoms with E-state index in [0.717, 1.165) is 11.1 Å². The molecule has 0 radical (unpaired) electrons. The average Bonchev–Trinajstić information content (AvgIpc) is 2.93. The highest BCUT2D eigenvalue weighted by Gasteiger charge is 2.07. The van der Waals surface area contributed by atoms with E-state index in [0.29, 0.717) is 11.0 Å². The third-order valence-electron chi connectivity index (χ3n) is 2.75. The molecule has 3 aromatic rings. The summed E-state index contributed by atoms with van der Waals surface area (Å²) >= 11 is 1.61. The molecule has 4 heteroatoms. The number of hydrogen-bond acceptors (Lipinski definition) is 4. The van der Waals surface area contributed by atoms with E-state index in [-0.39, 0.29) is 11.0 Å². The Morgan fingerprint density at radius 1 is 1.22 bits per heavy atom. The van der Waals surface area contributed by atoms with Crippen LogP contribution in [0.2, 0.25) is 0 Å². The Labute approximate surface area is 107 Å². The molecule has 86 valence electrons. The van der Waals surface area contributed by atoms with Crippen LogP contribution >= 0.6 is 11.3 Å². The average molecular weight is 253 g/mol. The van der Waals surface area contributed by atoms with Gasteiger partial charge in [-0.25, -0.2) is 0 Å². The van der Waals surface area contributed by atoms with E-state index in [2.05, 4.69) is 0 Å². The highest BCUT2D eigenvalue weighted by Crippen LogP contribution is 2.25. The lowest BCUT2D eigenvalue weighted by atomic mass is 10.1. The number of hydrogen-bond donors (Lipinski definition) is 0. The van der Waals surface area contributed by atoms with Crippen LogP contribution in [-0.2, 0) is 0 Å². The number of benzene rings is 1. The Bertz CT molecular complexity index is 810. The number of nitriles is 1. The van der Waals surface area contributed by atoms with Gasteiger partial charge < -0.3 is 4.42 Å². The molecule has 0 saturated carbocycles. The van der Waals surface area contributed by atoms with Crippen molar-refractivity contribution < 1.29 is 4.42 Å². The summed E-state index contributed by atoms with van der Waals surface area (Å²) in [4.78, 5) is 11.9. The van der Waals surface area contributed by atoms with Gasteiger partial charge in [0.2, 0.25) is 5.43 Å². The van der Waals surface area contributed by atoms with Crippen LogP contribution in [0.1, 0.15) is 5.56 Å². The highest BCUT2D eigenvalue weighted by molar-refractivity contribution is 7.08. The molecule has 0 N–H and O–H groups in total. The summed E-state index contributed by atoms with van der Waals surface area (Å²) in [5.74, 6) is 0. The lowest BCUT2D eigenvalue weighted by Crippen LogP contribution is -2.05. The first-order valence-electron chi connectivity index (χ1n) is 5.28. The van der Waals surface area contributed by atoms with E-state index < -0.39 is 0 Å². The molecule has 3 nitrogen and oxygen atoms in total. The Morgan fingerprint density at radius 3 is 2.83 bits per heavy atom. The number of thiophene rings is 1. The van der Waals surface area contributed by atoms with E-state index in [1.165, 1.54) is 6.26 Å². The van der Waals surface area contributed by atoms with E-state index in [1.807, 2.05) is 35.0 Å². The zero-order valence-electron chi connectivity index (χ0n) is 9.21. The van der Waals surface area contributed by atoms with Gasteiger partial charge >= 0.3 is 0 Å². The lowest BCUT2D eigenvalue weighted by Gasteiger charge is -2.00. The van der Waals surface area contributed by atoms with E-state index in [9.17, 15) is 4.79 Å². The first-order chi connectivity index (χ1) is 8.79. The summed E-state index contributed by atoms with van der Waals surface area (Å²) < 4.78 is 5.33. The lowest BCUT2D eigenvalue weighted by molar-refractivity contribution is 0.600. The minimum Gasteiger partial charge on any atom is -0.463 e. The maximum Gasteiger partial charge on any atom is 0.210 e. The van der Waals surface area contributed by atoms with Crippen LogP contribution in [0.5, 0.6) is 0 Å². The molecule has 0 bridgehead atoms. The topological polar surface area (TPSA) is 54.0 Å². The summed E-state index contributed by atoms with van der Waals surface area (Å²) in [5.41, 5.74) is 2.34. The number of nitrogens with zero attached hydrogens (tertiary/aromatic N) is 1.